The third-order valence-corrected chi connectivity index (χ3v) is 5.98. The maximum atomic E-state index is 11.8. The monoisotopic (exact) mass is 573 g/mol. The lowest BCUT2D eigenvalue weighted by Crippen LogP contribution is -2.37. The summed E-state index contributed by atoms with van der Waals surface area (Å²) in [5, 5.41) is 28.9. The van der Waals surface area contributed by atoms with Gasteiger partial charge in [0.1, 0.15) is 5.75 Å². The van der Waals surface area contributed by atoms with E-state index < -0.39 is 27.4 Å². The van der Waals surface area contributed by atoms with Crippen molar-refractivity contribution in [2.24, 2.45) is 5.73 Å². The number of pyridine rings is 1. The van der Waals surface area contributed by atoms with E-state index in [2.05, 4.69) is 25.3 Å². The van der Waals surface area contributed by atoms with Crippen LogP contribution in [0.4, 0.5) is 22.9 Å². The average Bonchev–Trinajstić information content (AvgIpc) is 2.97. The fraction of sp³-hybridized carbons (Fsp3) is 0.400. The van der Waals surface area contributed by atoms with Crippen molar-refractivity contribution in [3.8, 4) is 5.75 Å². The Labute approximate surface area is 234 Å². The standard InChI is InChI=1S/C25H31N7O9/c1-39-25(34)18-14-20(32(37)38)24(29-16-18)28-6-3-2-5-27-22-19(31(35)36)13-17(23(26)33)15-21(22)41-10-4-7-30-8-11-40-12-9-30/h2-3,13-16,27H,4-12H2,1H3,(H2,26,33)(H,28,29)/b3-2+. The maximum Gasteiger partial charge on any atom is 0.339 e. The molecule has 1 aliphatic rings. The molecule has 220 valence electrons. The van der Waals surface area contributed by atoms with Gasteiger partial charge in [-0.05, 0) is 12.5 Å². The normalized spacial score (nSPS) is 13.5. The highest BCUT2D eigenvalue weighted by molar-refractivity contribution is 5.95. The van der Waals surface area contributed by atoms with Crippen molar-refractivity contribution in [3.63, 3.8) is 0 Å². The number of anilines is 2. The predicted molar refractivity (Wildman–Crippen MR) is 147 cm³/mol. The topological polar surface area (TPSA) is 214 Å². The van der Waals surface area contributed by atoms with Crippen LogP contribution in [0.5, 0.6) is 5.75 Å². The summed E-state index contributed by atoms with van der Waals surface area (Å²) in [5.41, 5.74) is 4.56. The molecule has 3 rings (SSSR count). The van der Waals surface area contributed by atoms with Gasteiger partial charge < -0.3 is 30.6 Å². The van der Waals surface area contributed by atoms with Gasteiger partial charge >= 0.3 is 11.7 Å². The van der Waals surface area contributed by atoms with Crippen LogP contribution in [0.25, 0.3) is 0 Å². The number of primary amides is 1. The van der Waals surface area contributed by atoms with Crippen LogP contribution in [-0.2, 0) is 9.47 Å². The molecule has 1 aliphatic heterocycles. The lowest BCUT2D eigenvalue weighted by molar-refractivity contribution is -0.384. The van der Waals surface area contributed by atoms with Crippen molar-refractivity contribution < 1.29 is 33.6 Å². The number of carbonyl (C=O) groups is 2. The van der Waals surface area contributed by atoms with Crippen LogP contribution >= 0.6 is 0 Å². The van der Waals surface area contributed by atoms with E-state index in [0.29, 0.717) is 19.6 Å². The smallest absolute Gasteiger partial charge is 0.339 e. The van der Waals surface area contributed by atoms with Crippen molar-refractivity contribution in [1.82, 2.24) is 9.88 Å². The molecule has 0 saturated carbocycles. The Morgan fingerprint density at radius 2 is 1.73 bits per heavy atom. The summed E-state index contributed by atoms with van der Waals surface area (Å²) in [6.45, 7) is 4.24. The number of nitrogens with one attached hydrogen (secondary N) is 2. The van der Waals surface area contributed by atoms with Crippen LogP contribution in [0.1, 0.15) is 27.1 Å². The minimum atomic E-state index is -0.828. The number of aromatic nitrogens is 1. The molecule has 0 radical (unpaired) electrons. The first-order chi connectivity index (χ1) is 19.7. The molecular formula is C25H31N7O9. The van der Waals surface area contributed by atoms with Crippen LogP contribution in [0.15, 0.2) is 36.5 Å². The molecule has 0 spiro atoms. The first kappa shape index (κ1) is 30.7. The Balaban J connectivity index is 1.64. The number of carbonyl (C=O) groups excluding carboxylic acids is 2. The first-order valence-corrected chi connectivity index (χ1v) is 12.6. The zero-order valence-corrected chi connectivity index (χ0v) is 22.4. The molecule has 16 nitrogen and oxygen atoms in total. The molecule has 0 bridgehead atoms. The maximum absolute atomic E-state index is 11.8. The predicted octanol–water partition coefficient (Wildman–Crippen LogP) is 1.96. The molecule has 0 aliphatic carbocycles. The summed E-state index contributed by atoms with van der Waals surface area (Å²) in [4.78, 5) is 51.4. The molecule has 1 aromatic carbocycles. The van der Waals surface area contributed by atoms with Gasteiger partial charge in [0.2, 0.25) is 11.7 Å². The lowest BCUT2D eigenvalue weighted by Gasteiger charge is -2.26. The van der Waals surface area contributed by atoms with Gasteiger partial charge in [-0.3, -0.25) is 29.9 Å². The van der Waals surface area contributed by atoms with Crippen molar-refractivity contribution in [2.75, 3.05) is 70.3 Å². The van der Waals surface area contributed by atoms with E-state index in [0.717, 1.165) is 45.1 Å². The van der Waals surface area contributed by atoms with Gasteiger partial charge in [0.15, 0.2) is 5.69 Å². The summed E-state index contributed by atoms with van der Waals surface area (Å²) < 4.78 is 15.7. The van der Waals surface area contributed by atoms with E-state index in [-0.39, 0.29) is 53.8 Å². The number of amides is 1. The van der Waals surface area contributed by atoms with E-state index in [1.807, 2.05) is 0 Å². The summed E-state index contributed by atoms with van der Waals surface area (Å²) in [7, 11) is 1.15. The molecule has 4 N–H and O–H groups in total. The van der Waals surface area contributed by atoms with Crippen LogP contribution in [-0.4, -0.2) is 91.3 Å². The minimum Gasteiger partial charge on any atom is -0.491 e. The zero-order valence-electron chi connectivity index (χ0n) is 22.4. The largest absolute Gasteiger partial charge is 0.491 e. The highest BCUT2D eigenvalue weighted by Crippen LogP contribution is 2.36. The van der Waals surface area contributed by atoms with Gasteiger partial charge in [-0.15, -0.1) is 0 Å². The number of benzene rings is 1. The molecule has 2 heterocycles. The highest BCUT2D eigenvalue weighted by Gasteiger charge is 2.23. The third kappa shape index (κ3) is 8.84. The number of esters is 1. The van der Waals surface area contributed by atoms with Gasteiger partial charge in [0.05, 0.1) is 42.3 Å². The van der Waals surface area contributed by atoms with E-state index >= 15 is 0 Å². The van der Waals surface area contributed by atoms with Gasteiger partial charge in [-0.1, -0.05) is 12.2 Å². The molecule has 1 aromatic heterocycles. The molecule has 2 aromatic rings. The van der Waals surface area contributed by atoms with E-state index in [1.54, 1.807) is 12.2 Å². The van der Waals surface area contributed by atoms with Crippen molar-refractivity contribution >= 4 is 34.8 Å². The number of methoxy groups -OCH3 is 1. The number of hydrogen-bond donors (Lipinski definition) is 3. The third-order valence-electron chi connectivity index (χ3n) is 5.98. The van der Waals surface area contributed by atoms with Gasteiger partial charge in [-0.25, -0.2) is 9.78 Å². The Morgan fingerprint density at radius 3 is 2.37 bits per heavy atom. The van der Waals surface area contributed by atoms with Gasteiger partial charge in [0, 0.05) is 56.6 Å². The number of nitro benzene ring substituents is 1. The quantitative estimate of drug-likeness (QED) is 0.0914. The van der Waals surface area contributed by atoms with E-state index in [1.165, 1.54) is 6.07 Å². The second-order valence-corrected chi connectivity index (χ2v) is 8.72. The van der Waals surface area contributed by atoms with Gasteiger partial charge in [-0.2, -0.15) is 0 Å². The molecular weight excluding hydrogens is 542 g/mol. The Bertz CT molecular complexity index is 1300. The molecule has 1 saturated heterocycles. The Morgan fingerprint density at radius 1 is 1.07 bits per heavy atom. The summed E-state index contributed by atoms with van der Waals surface area (Å²) >= 11 is 0. The van der Waals surface area contributed by atoms with Gasteiger partial charge in [0.25, 0.3) is 5.69 Å². The highest BCUT2D eigenvalue weighted by atomic mass is 16.6. The molecule has 0 atom stereocenters. The number of nitrogens with two attached hydrogens (primary N) is 1. The SMILES string of the molecule is COC(=O)c1cnc(NC/C=C/CNc2c(OCCCN3CCOCC3)cc(C(N)=O)cc2[N+](=O)[O-])c([N+](=O)[O-])c1. The van der Waals surface area contributed by atoms with Crippen LogP contribution in [0.2, 0.25) is 0 Å². The fourth-order valence-corrected chi connectivity index (χ4v) is 3.91. The number of nitro groups is 2. The Hall–Kier alpha value is -4.83. The van der Waals surface area contributed by atoms with E-state index in [9.17, 15) is 29.8 Å². The second-order valence-electron chi connectivity index (χ2n) is 8.72. The minimum absolute atomic E-state index is 0.0503. The average molecular weight is 574 g/mol. The van der Waals surface area contributed by atoms with Crippen molar-refractivity contribution in [2.45, 2.75) is 6.42 Å². The summed E-state index contributed by atoms with van der Waals surface area (Å²) in [6, 6.07) is 3.50. The van der Waals surface area contributed by atoms with Crippen LogP contribution in [0.3, 0.4) is 0 Å². The molecule has 41 heavy (non-hydrogen) atoms. The summed E-state index contributed by atoms with van der Waals surface area (Å²) in [5.74, 6) is -1.51. The molecule has 0 unspecified atom stereocenters. The molecule has 1 fully saturated rings. The second kappa shape index (κ2) is 15.1. The number of rotatable bonds is 15. The lowest BCUT2D eigenvalue weighted by atomic mass is 10.1. The van der Waals surface area contributed by atoms with Crippen LogP contribution in [0, 0.1) is 20.2 Å². The number of nitrogens with zero attached hydrogens (tertiary/aromatic N) is 4. The fourth-order valence-electron chi connectivity index (χ4n) is 3.91. The van der Waals surface area contributed by atoms with Crippen molar-refractivity contribution in [1.29, 1.82) is 0 Å². The first-order valence-electron chi connectivity index (χ1n) is 12.6. The molecule has 16 heteroatoms. The number of hydrogen-bond acceptors (Lipinski definition) is 13. The number of ether oxygens (including phenoxy) is 3. The summed E-state index contributed by atoms with van der Waals surface area (Å²) in [6.07, 6.45) is 5.07. The van der Waals surface area contributed by atoms with Crippen LogP contribution < -0.4 is 21.1 Å². The Kier molecular flexibility index (Phi) is 11.3. The number of morpholine rings is 1. The van der Waals surface area contributed by atoms with Crippen molar-refractivity contribution in [3.05, 3.63) is 67.9 Å². The van der Waals surface area contributed by atoms with E-state index in [4.69, 9.17) is 15.2 Å². The zero-order chi connectivity index (χ0) is 29.8. The molecule has 1 amide bonds.